The highest BCUT2D eigenvalue weighted by Gasteiger charge is 2.35. The molecule has 1 saturated carbocycles. The molecule has 1 aliphatic carbocycles. The topological polar surface area (TPSA) is 110 Å². The summed E-state index contributed by atoms with van der Waals surface area (Å²) in [7, 11) is 2.96. The molecule has 4 heterocycles. The Labute approximate surface area is 212 Å². The number of halogens is 1. The van der Waals surface area contributed by atoms with Crippen LogP contribution in [0.4, 0.5) is 15.8 Å². The number of benzene rings is 1. The first-order valence-corrected chi connectivity index (χ1v) is 12.1. The maximum absolute atomic E-state index is 14.6. The number of rotatable bonds is 8. The highest BCUT2D eigenvalue weighted by atomic mass is 19.1. The molecule has 1 aliphatic heterocycles. The fourth-order valence-corrected chi connectivity index (χ4v) is 4.70. The number of nitrogens with one attached hydrogen (secondary N) is 3. The van der Waals surface area contributed by atoms with Gasteiger partial charge >= 0.3 is 0 Å². The molecular formula is C27H26FN5O4. The summed E-state index contributed by atoms with van der Waals surface area (Å²) in [5.41, 5.74) is 4.68. The summed E-state index contributed by atoms with van der Waals surface area (Å²) in [4.78, 5) is 25.8. The van der Waals surface area contributed by atoms with E-state index in [0.717, 1.165) is 18.5 Å². The van der Waals surface area contributed by atoms with Crippen LogP contribution in [0.25, 0.3) is 22.3 Å². The van der Waals surface area contributed by atoms with E-state index in [1.165, 1.54) is 13.2 Å². The van der Waals surface area contributed by atoms with Crippen LogP contribution in [-0.4, -0.2) is 54.3 Å². The number of hydrogen-bond donors (Lipinski definition) is 3. The van der Waals surface area contributed by atoms with Gasteiger partial charge in [0, 0.05) is 36.0 Å². The van der Waals surface area contributed by atoms with Crippen LogP contribution in [0.3, 0.4) is 0 Å². The number of nitrogens with zero attached hydrogens (tertiary/aromatic N) is 2. The van der Waals surface area contributed by atoms with Gasteiger partial charge in [-0.3, -0.25) is 9.78 Å². The van der Waals surface area contributed by atoms with E-state index in [1.54, 1.807) is 31.5 Å². The summed E-state index contributed by atoms with van der Waals surface area (Å²) in [6, 6.07) is 10.0. The molecular weight excluding hydrogens is 477 g/mol. The smallest absolute Gasteiger partial charge is 0.255 e. The zero-order chi connectivity index (χ0) is 25.5. The van der Waals surface area contributed by atoms with Crippen LogP contribution >= 0.6 is 0 Å². The number of para-hydroxylation sites is 1. The van der Waals surface area contributed by atoms with Gasteiger partial charge in [-0.25, -0.2) is 9.37 Å². The van der Waals surface area contributed by atoms with Gasteiger partial charge in [0.25, 0.3) is 5.91 Å². The predicted octanol–water partition coefficient (Wildman–Crippen LogP) is 4.53. The summed E-state index contributed by atoms with van der Waals surface area (Å²) in [6.45, 7) is 0.925. The molecule has 1 amide bonds. The Bertz CT molecular complexity index is 1500. The van der Waals surface area contributed by atoms with Crippen LogP contribution in [-0.2, 0) is 4.74 Å². The number of fused-ring (bicyclic) bond motifs is 2. The van der Waals surface area contributed by atoms with Crippen LogP contribution < -0.4 is 20.1 Å². The molecule has 0 saturated heterocycles. The lowest BCUT2D eigenvalue weighted by Crippen LogP contribution is -2.36. The molecule has 3 N–H and O–H groups in total. The molecule has 0 spiro atoms. The third-order valence-corrected chi connectivity index (χ3v) is 6.70. The molecule has 1 fully saturated rings. The van der Waals surface area contributed by atoms with E-state index >= 15 is 0 Å². The highest BCUT2D eigenvalue weighted by molar-refractivity contribution is 6.08. The second kappa shape index (κ2) is 9.36. The summed E-state index contributed by atoms with van der Waals surface area (Å²) >= 11 is 0. The van der Waals surface area contributed by atoms with Crippen molar-refractivity contribution in [3.63, 3.8) is 0 Å². The Morgan fingerprint density at radius 2 is 2.00 bits per heavy atom. The molecule has 190 valence electrons. The Hall–Kier alpha value is -4.18. The van der Waals surface area contributed by atoms with Gasteiger partial charge in [0.05, 0.1) is 55.1 Å². The van der Waals surface area contributed by atoms with Crippen molar-refractivity contribution in [1.29, 1.82) is 0 Å². The van der Waals surface area contributed by atoms with Gasteiger partial charge in [-0.2, -0.15) is 0 Å². The zero-order valence-electron chi connectivity index (χ0n) is 20.4. The molecule has 3 aromatic heterocycles. The largest absolute Gasteiger partial charge is 0.492 e. The fraction of sp³-hybridized carbons (Fsp3) is 0.296. The van der Waals surface area contributed by atoms with Crippen molar-refractivity contribution in [2.45, 2.75) is 24.9 Å². The zero-order valence-corrected chi connectivity index (χ0v) is 20.4. The lowest BCUT2D eigenvalue weighted by Gasteiger charge is -2.23. The number of ether oxygens (including phenoxy) is 3. The van der Waals surface area contributed by atoms with Gasteiger partial charge in [-0.05, 0) is 37.1 Å². The first-order chi connectivity index (χ1) is 18.1. The number of anilines is 2. The minimum Gasteiger partial charge on any atom is -0.492 e. The molecule has 9 nitrogen and oxygen atoms in total. The first-order valence-electron chi connectivity index (χ1n) is 12.1. The van der Waals surface area contributed by atoms with Crippen molar-refractivity contribution < 1.29 is 23.4 Å². The molecule has 4 aromatic rings. The number of methoxy groups -OCH3 is 2. The number of aromatic nitrogens is 3. The van der Waals surface area contributed by atoms with Crippen molar-refractivity contribution in [3.05, 3.63) is 59.7 Å². The van der Waals surface area contributed by atoms with E-state index in [4.69, 9.17) is 14.2 Å². The quantitative estimate of drug-likeness (QED) is 0.324. The summed E-state index contributed by atoms with van der Waals surface area (Å²) in [5.74, 6) is -0.339. The van der Waals surface area contributed by atoms with Crippen molar-refractivity contribution in [1.82, 2.24) is 20.3 Å². The van der Waals surface area contributed by atoms with Crippen molar-refractivity contribution in [2.24, 2.45) is 0 Å². The maximum atomic E-state index is 14.6. The van der Waals surface area contributed by atoms with Gasteiger partial charge in [-0.1, -0.05) is 6.07 Å². The Kier molecular flexibility index (Phi) is 5.88. The van der Waals surface area contributed by atoms with Crippen LogP contribution in [0.5, 0.6) is 11.6 Å². The van der Waals surface area contributed by atoms with Gasteiger partial charge in [0.1, 0.15) is 5.52 Å². The molecule has 37 heavy (non-hydrogen) atoms. The standard InChI is InChI=1S/C27H26FN5O4/c1-35-20-9-8-18-23(32-20)16(10-11-29-18)24-25(31-19-5-3-4-17(28)26(19)36-2)21-22(33-24)14(12-30-27(21)34)13-37-15-6-7-15/h3-5,8-11,14-15,31,33H,6-7,12-13H2,1-2H3,(H,30,34). The number of carbonyl (C=O) groups is 1. The van der Waals surface area contributed by atoms with Crippen LogP contribution in [0.2, 0.25) is 0 Å². The number of amides is 1. The minimum absolute atomic E-state index is 0.0487. The minimum atomic E-state index is -0.514. The number of hydrogen-bond acceptors (Lipinski definition) is 7. The molecule has 0 bridgehead atoms. The Morgan fingerprint density at radius 3 is 2.78 bits per heavy atom. The monoisotopic (exact) mass is 503 g/mol. The molecule has 0 radical (unpaired) electrons. The average molecular weight is 504 g/mol. The van der Waals surface area contributed by atoms with E-state index in [0.29, 0.717) is 58.3 Å². The molecule has 1 aromatic carbocycles. The number of H-pyrrole nitrogens is 1. The van der Waals surface area contributed by atoms with E-state index in [1.807, 2.05) is 12.1 Å². The number of aromatic amines is 1. The van der Waals surface area contributed by atoms with Gasteiger partial charge < -0.3 is 29.8 Å². The highest BCUT2D eigenvalue weighted by Crippen LogP contribution is 2.43. The van der Waals surface area contributed by atoms with Crippen molar-refractivity contribution >= 4 is 28.3 Å². The molecule has 1 unspecified atom stereocenters. The number of carbonyl (C=O) groups excluding carboxylic acids is 1. The SMILES string of the molecule is COc1ccc2nccc(-c3[nH]c4c(c3Nc3cccc(F)c3OC)C(=O)NCC4COC3CC3)c2n1. The van der Waals surface area contributed by atoms with Gasteiger partial charge in [-0.15, -0.1) is 0 Å². The maximum Gasteiger partial charge on any atom is 0.255 e. The average Bonchev–Trinajstić information content (AvgIpc) is 3.67. The Morgan fingerprint density at radius 1 is 1.14 bits per heavy atom. The normalized spacial score (nSPS) is 16.8. The summed E-state index contributed by atoms with van der Waals surface area (Å²) in [5, 5.41) is 6.27. The van der Waals surface area contributed by atoms with Gasteiger partial charge in [0.2, 0.25) is 5.88 Å². The lowest BCUT2D eigenvalue weighted by molar-refractivity contribution is 0.0869. The lowest BCUT2D eigenvalue weighted by atomic mass is 9.96. The first kappa shape index (κ1) is 23.2. The van der Waals surface area contributed by atoms with Gasteiger partial charge in [0.15, 0.2) is 11.6 Å². The second-order valence-corrected chi connectivity index (χ2v) is 9.13. The third-order valence-electron chi connectivity index (χ3n) is 6.70. The molecule has 6 rings (SSSR count). The van der Waals surface area contributed by atoms with Crippen molar-refractivity contribution in [2.75, 3.05) is 32.7 Å². The molecule has 1 atom stereocenters. The van der Waals surface area contributed by atoms with E-state index in [-0.39, 0.29) is 23.7 Å². The van der Waals surface area contributed by atoms with E-state index < -0.39 is 5.82 Å². The van der Waals surface area contributed by atoms with E-state index in [9.17, 15) is 9.18 Å². The van der Waals surface area contributed by atoms with Crippen LogP contribution in [0.15, 0.2) is 42.6 Å². The van der Waals surface area contributed by atoms with E-state index in [2.05, 4.69) is 25.6 Å². The predicted molar refractivity (Wildman–Crippen MR) is 136 cm³/mol. The molecule has 2 aliphatic rings. The van der Waals surface area contributed by atoms with Crippen LogP contribution in [0.1, 0.15) is 34.8 Å². The summed E-state index contributed by atoms with van der Waals surface area (Å²) in [6.07, 6.45) is 4.09. The second-order valence-electron chi connectivity index (χ2n) is 9.13. The Balaban J connectivity index is 1.55. The van der Waals surface area contributed by atoms with Crippen LogP contribution in [0, 0.1) is 5.82 Å². The number of pyridine rings is 2. The van der Waals surface area contributed by atoms with Crippen molar-refractivity contribution in [3.8, 4) is 22.9 Å². The summed E-state index contributed by atoms with van der Waals surface area (Å²) < 4.78 is 31.2. The third kappa shape index (κ3) is 4.23. The molecule has 10 heteroatoms. The fourth-order valence-electron chi connectivity index (χ4n) is 4.70.